The maximum absolute atomic E-state index is 12.9. The average molecular weight is 402 g/mol. The Balaban J connectivity index is 1.38. The van der Waals surface area contributed by atoms with E-state index in [0.717, 1.165) is 19.3 Å². The summed E-state index contributed by atoms with van der Waals surface area (Å²) < 4.78 is 5.78. The molecule has 2 aromatic carbocycles. The molecule has 4 atom stereocenters. The van der Waals surface area contributed by atoms with Crippen molar-refractivity contribution in [2.75, 3.05) is 4.90 Å². The fourth-order valence-electron chi connectivity index (χ4n) is 5.01. The second-order valence-corrected chi connectivity index (χ2v) is 8.41. The van der Waals surface area contributed by atoms with Crippen molar-refractivity contribution in [3.63, 3.8) is 0 Å². The Bertz CT molecular complexity index is 915. The zero-order chi connectivity index (χ0) is 18.7. The van der Waals surface area contributed by atoms with E-state index in [9.17, 15) is 9.59 Å². The maximum atomic E-state index is 12.9. The molecule has 27 heavy (non-hydrogen) atoms. The van der Waals surface area contributed by atoms with E-state index in [1.165, 1.54) is 4.90 Å². The van der Waals surface area contributed by atoms with Gasteiger partial charge in [-0.05, 0) is 73.6 Å². The first kappa shape index (κ1) is 17.1. The summed E-state index contributed by atoms with van der Waals surface area (Å²) in [7, 11) is 0. The van der Waals surface area contributed by atoms with Gasteiger partial charge in [0.05, 0.1) is 22.5 Å². The lowest BCUT2D eigenvalue weighted by atomic mass is 9.81. The predicted molar refractivity (Wildman–Crippen MR) is 103 cm³/mol. The number of fused-ring (bicyclic) bond motifs is 5. The molecule has 2 amide bonds. The van der Waals surface area contributed by atoms with E-state index >= 15 is 0 Å². The lowest BCUT2D eigenvalue weighted by Crippen LogP contribution is -2.32. The van der Waals surface area contributed by atoms with Crippen LogP contribution in [0.4, 0.5) is 5.69 Å². The fraction of sp³-hybridized carbons (Fsp3) is 0.333. The van der Waals surface area contributed by atoms with Crippen LogP contribution < -0.4 is 9.64 Å². The Morgan fingerprint density at radius 1 is 0.889 bits per heavy atom. The molecule has 0 unspecified atom stereocenters. The highest BCUT2D eigenvalue weighted by atomic mass is 35.5. The topological polar surface area (TPSA) is 46.6 Å². The van der Waals surface area contributed by atoms with E-state index in [4.69, 9.17) is 27.9 Å². The summed E-state index contributed by atoms with van der Waals surface area (Å²) in [5.41, 5.74) is 0.605. The molecule has 2 aromatic rings. The van der Waals surface area contributed by atoms with Crippen LogP contribution in [0, 0.1) is 23.7 Å². The van der Waals surface area contributed by atoms with Crippen LogP contribution in [0.25, 0.3) is 0 Å². The first-order valence-corrected chi connectivity index (χ1v) is 9.89. The number of anilines is 1. The third kappa shape index (κ3) is 2.66. The van der Waals surface area contributed by atoms with E-state index in [1.54, 1.807) is 42.5 Å². The predicted octanol–water partition coefficient (Wildman–Crippen LogP) is 5.32. The maximum Gasteiger partial charge on any atom is 0.237 e. The summed E-state index contributed by atoms with van der Waals surface area (Å²) in [6, 6.07) is 12.0. The molecule has 4 nitrogen and oxygen atoms in total. The quantitative estimate of drug-likeness (QED) is 0.653. The minimum atomic E-state index is -0.111. The van der Waals surface area contributed by atoms with Gasteiger partial charge >= 0.3 is 0 Å². The molecule has 3 fully saturated rings. The summed E-state index contributed by atoms with van der Waals surface area (Å²) >= 11 is 12.0. The van der Waals surface area contributed by atoms with Crippen molar-refractivity contribution in [3.8, 4) is 11.5 Å². The van der Waals surface area contributed by atoms with Crippen LogP contribution in [-0.2, 0) is 9.59 Å². The van der Waals surface area contributed by atoms with E-state index in [1.807, 2.05) is 0 Å². The molecular formula is C21H17Cl2NO3. The van der Waals surface area contributed by atoms with Gasteiger partial charge in [0, 0.05) is 5.02 Å². The molecule has 2 aliphatic carbocycles. The van der Waals surface area contributed by atoms with Gasteiger partial charge in [-0.3, -0.25) is 14.5 Å². The van der Waals surface area contributed by atoms with Gasteiger partial charge in [0.15, 0.2) is 0 Å². The first-order chi connectivity index (χ1) is 13.0. The fourth-order valence-corrected chi connectivity index (χ4v) is 5.46. The van der Waals surface area contributed by atoms with Gasteiger partial charge in [-0.15, -0.1) is 0 Å². The molecule has 138 valence electrons. The number of rotatable bonds is 3. The number of halogens is 2. The number of benzene rings is 2. The first-order valence-electron chi connectivity index (χ1n) is 9.14. The molecule has 2 bridgehead atoms. The SMILES string of the molecule is O=C1[C@@H]2[C@@H]3CC[C@H](C3)[C@@H]2C(=O)N1c1ccc(Oc2ccc(Cl)cc2Cl)cc1. The molecule has 1 saturated heterocycles. The van der Waals surface area contributed by atoms with Gasteiger partial charge in [0.2, 0.25) is 11.8 Å². The third-order valence-electron chi connectivity index (χ3n) is 6.14. The summed E-state index contributed by atoms with van der Waals surface area (Å²) in [5, 5.41) is 0.952. The highest BCUT2D eigenvalue weighted by Crippen LogP contribution is 2.56. The molecule has 1 aliphatic heterocycles. The van der Waals surface area contributed by atoms with Crippen LogP contribution >= 0.6 is 23.2 Å². The smallest absolute Gasteiger partial charge is 0.237 e. The minimum Gasteiger partial charge on any atom is -0.456 e. The van der Waals surface area contributed by atoms with Crippen molar-refractivity contribution in [2.45, 2.75) is 19.3 Å². The molecular weight excluding hydrogens is 385 g/mol. The number of hydrogen-bond donors (Lipinski definition) is 0. The molecule has 1 heterocycles. The number of amides is 2. The average Bonchev–Trinajstić information content (AvgIpc) is 3.32. The zero-order valence-electron chi connectivity index (χ0n) is 14.4. The van der Waals surface area contributed by atoms with Crippen molar-refractivity contribution in [2.24, 2.45) is 23.7 Å². The Labute approximate surface area is 167 Å². The second-order valence-electron chi connectivity index (χ2n) is 7.57. The molecule has 3 aliphatic rings. The Morgan fingerprint density at radius 3 is 2.11 bits per heavy atom. The lowest BCUT2D eigenvalue weighted by molar-refractivity contribution is -0.123. The number of imide groups is 1. The number of carbonyl (C=O) groups is 2. The number of carbonyl (C=O) groups excluding carboxylic acids is 2. The van der Waals surface area contributed by atoms with E-state index in [2.05, 4.69) is 0 Å². The van der Waals surface area contributed by atoms with Gasteiger partial charge in [-0.25, -0.2) is 0 Å². The molecule has 5 rings (SSSR count). The summed E-state index contributed by atoms with van der Waals surface area (Å²) in [6.45, 7) is 0. The van der Waals surface area contributed by atoms with Gasteiger partial charge < -0.3 is 4.74 Å². The highest BCUT2D eigenvalue weighted by molar-refractivity contribution is 6.35. The normalized spacial score (nSPS) is 28.7. The summed E-state index contributed by atoms with van der Waals surface area (Å²) in [5.74, 6) is 1.54. The van der Waals surface area contributed by atoms with Crippen molar-refractivity contribution in [3.05, 3.63) is 52.5 Å². The Morgan fingerprint density at radius 2 is 1.52 bits per heavy atom. The highest BCUT2D eigenvalue weighted by Gasteiger charge is 2.61. The molecule has 0 radical (unpaired) electrons. The minimum absolute atomic E-state index is 0.0355. The Kier molecular flexibility index (Phi) is 3.95. The van der Waals surface area contributed by atoms with Crippen molar-refractivity contribution < 1.29 is 14.3 Å². The van der Waals surface area contributed by atoms with Gasteiger partial charge in [-0.1, -0.05) is 23.2 Å². The summed E-state index contributed by atoms with van der Waals surface area (Å²) in [4.78, 5) is 27.1. The largest absolute Gasteiger partial charge is 0.456 e. The Hall–Kier alpha value is -2.04. The second kappa shape index (κ2) is 6.25. The number of hydrogen-bond acceptors (Lipinski definition) is 3. The molecule has 6 heteroatoms. The van der Waals surface area contributed by atoms with Crippen LogP contribution in [-0.4, -0.2) is 11.8 Å². The lowest BCUT2D eigenvalue weighted by Gasteiger charge is -2.19. The third-order valence-corrected chi connectivity index (χ3v) is 6.67. The molecule has 0 spiro atoms. The van der Waals surface area contributed by atoms with Crippen LogP contribution in [0.3, 0.4) is 0 Å². The van der Waals surface area contributed by atoms with E-state index in [0.29, 0.717) is 39.1 Å². The number of nitrogens with zero attached hydrogens (tertiary/aromatic N) is 1. The van der Waals surface area contributed by atoms with Gasteiger partial charge in [-0.2, -0.15) is 0 Å². The zero-order valence-corrected chi connectivity index (χ0v) is 15.9. The van der Waals surface area contributed by atoms with Gasteiger partial charge in [0.25, 0.3) is 0 Å². The summed E-state index contributed by atoms with van der Waals surface area (Å²) in [6.07, 6.45) is 3.19. The van der Waals surface area contributed by atoms with Crippen LogP contribution in [0.15, 0.2) is 42.5 Å². The molecule has 0 N–H and O–H groups in total. The van der Waals surface area contributed by atoms with Crippen LogP contribution in [0.1, 0.15) is 19.3 Å². The van der Waals surface area contributed by atoms with Crippen LogP contribution in [0.2, 0.25) is 10.0 Å². The van der Waals surface area contributed by atoms with Crippen molar-refractivity contribution in [1.82, 2.24) is 0 Å². The van der Waals surface area contributed by atoms with Gasteiger partial charge in [0.1, 0.15) is 11.5 Å². The molecule has 2 saturated carbocycles. The van der Waals surface area contributed by atoms with E-state index < -0.39 is 0 Å². The van der Waals surface area contributed by atoms with Crippen molar-refractivity contribution >= 4 is 40.7 Å². The number of ether oxygens (including phenoxy) is 1. The van der Waals surface area contributed by atoms with E-state index in [-0.39, 0.29) is 23.7 Å². The standard InChI is InChI=1S/C21H17Cl2NO3/c22-13-3-8-17(16(23)10-13)27-15-6-4-14(5-7-15)24-20(25)18-11-1-2-12(9-11)19(18)21(24)26/h3-8,10-12,18-19H,1-2,9H2/t11-,12-,18-,19+/m1/s1. The monoisotopic (exact) mass is 401 g/mol. The van der Waals surface area contributed by atoms with Crippen LogP contribution in [0.5, 0.6) is 11.5 Å². The molecule has 0 aromatic heterocycles. The van der Waals surface area contributed by atoms with Crippen molar-refractivity contribution in [1.29, 1.82) is 0 Å².